The van der Waals surface area contributed by atoms with Gasteiger partial charge < -0.3 is 0 Å². The highest BCUT2D eigenvalue weighted by Crippen LogP contribution is 2.48. The maximum atomic E-state index is 3.63. The summed E-state index contributed by atoms with van der Waals surface area (Å²) in [5, 5.41) is 2.75. The minimum absolute atomic E-state index is 0.419. The molecule has 2 heteroatoms. The highest BCUT2D eigenvalue weighted by molar-refractivity contribution is 9.12. The van der Waals surface area contributed by atoms with Gasteiger partial charge in [0.25, 0.3) is 0 Å². The molecule has 144 valence electrons. The Morgan fingerprint density at radius 2 is 1.59 bits per heavy atom. The molecule has 0 N–H and O–H groups in total. The zero-order valence-corrected chi connectivity index (χ0v) is 19.5. The summed E-state index contributed by atoms with van der Waals surface area (Å²) in [5.74, 6) is 0.939. The smallest absolute Gasteiger partial charge is 0.0175 e. The van der Waals surface area contributed by atoms with Crippen LogP contribution >= 0.6 is 31.9 Å². The van der Waals surface area contributed by atoms with E-state index < -0.39 is 0 Å². The first-order chi connectivity index (χ1) is 14.1. The molecule has 3 aromatic carbocycles. The SMILES string of the molecule is CC1CC=Cc2c1c(C1C=CC(Br)=CC1)c1ccccc1c2-c1ccc(Br)cc1. The molecule has 0 saturated heterocycles. The Labute approximate surface area is 189 Å². The lowest BCUT2D eigenvalue weighted by molar-refractivity contribution is 0.739. The van der Waals surface area contributed by atoms with Gasteiger partial charge in [0, 0.05) is 14.9 Å². The highest BCUT2D eigenvalue weighted by atomic mass is 79.9. The zero-order chi connectivity index (χ0) is 20.0. The predicted octanol–water partition coefficient (Wildman–Crippen LogP) is 9.11. The van der Waals surface area contributed by atoms with Crippen LogP contribution < -0.4 is 0 Å². The fraction of sp³-hybridized carbons (Fsp3) is 0.185. The predicted molar refractivity (Wildman–Crippen MR) is 133 cm³/mol. The lowest BCUT2D eigenvalue weighted by Gasteiger charge is -2.30. The molecule has 3 aromatic rings. The molecule has 0 aromatic heterocycles. The number of benzene rings is 3. The number of halogens is 2. The van der Waals surface area contributed by atoms with E-state index in [0.717, 1.165) is 17.3 Å². The molecule has 0 radical (unpaired) electrons. The first-order valence-corrected chi connectivity index (χ1v) is 11.8. The van der Waals surface area contributed by atoms with E-state index in [1.54, 1.807) is 0 Å². The van der Waals surface area contributed by atoms with Crippen molar-refractivity contribution < 1.29 is 0 Å². The van der Waals surface area contributed by atoms with Crippen molar-refractivity contribution in [3.8, 4) is 11.1 Å². The molecule has 0 fully saturated rings. The average Bonchev–Trinajstić information content (AvgIpc) is 2.74. The van der Waals surface area contributed by atoms with E-state index in [-0.39, 0.29) is 0 Å². The van der Waals surface area contributed by atoms with E-state index >= 15 is 0 Å². The summed E-state index contributed by atoms with van der Waals surface area (Å²) in [6.07, 6.45) is 13.7. The third-order valence-corrected chi connectivity index (χ3v) is 7.28. The maximum Gasteiger partial charge on any atom is 0.0175 e. The molecule has 0 heterocycles. The second kappa shape index (κ2) is 7.74. The molecule has 2 atom stereocenters. The quantitative estimate of drug-likeness (QED) is 0.325. The fourth-order valence-corrected chi connectivity index (χ4v) is 5.46. The summed E-state index contributed by atoms with van der Waals surface area (Å²) >= 11 is 7.22. The third-order valence-electron chi connectivity index (χ3n) is 6.16. The molecule has 2 aliphatic carbocycles. The van der Waals surface area contributed by atoms with Gasteiger partial charge in [0.1, 0.15) is 0 Å². The van der Waals surface area contributed by atoms with Gasteiger partial charge in [-0.25, -0.2) is 0 Å². The number of rotatable bonds is 2. The van der Waals surface area contributed by atoms with Crippen molar-refractivity contribution in [2.24, 2.45) is 0 Å². The van der Waals surface area contributed by atoms with E-state index in [2.05, 4.69) is 118 Å². The van der Waals surface area contributed by atoms with Crippen LogP contribution in [0.5, 0.6) is 0 Å². The summed E-state index contributed by atoms with van der Waals surface area (Å²) in [5.41, 5.74) is 7.10. The van der Waals surface area contributed by atoms with Gasteiger partial charge in [-0.2, -0.15) is 0 Å². The molecular weight excluding hydrogens is 484 g/mol. The fourth-order valence-electron chi connectivity index (χ4n) is 4.85. The summed E-state index contributed by atoms with van der Waals surface area (Å²) in [7, 11) is 0. The van der Waals surface area contributed by atoms with Crippen LogP contribution in [0, 0.1) is 0 Å². The van der Waals surface area contributed by atoms with Gasteiger partial charge in [0.15, 0.2) is 0 Å². The van der Waals surface area contributed by atoms with Gasteiger partial charge >= 0.3 is 0 Å². The van der Waals surface area contributed by atoms with E-state index in [0.29, 0.717) is 11.8 Å². The van der Waals surface area contributed by atoms with E-state index in [9.17, 15) is 0 Å². The normalized spacial score (nSPS) is 20.6. The van der Waals surface area contributed by atoms with Gasteiger partial charge in [-0.15, -0.1) is 0 Å². The van der Waals surface area contributed by atoms with E-state index in [1.165, 1.54) is 43.1 Å². The molecule has 2 aliphatic rings. The first-order valence-electron chi connectivity index (χ1n) is 10.2. The van der Waals surface area contributed by atoms with Gasteiger partial charge in [-0.05, 0) is 69.5 Å². The molecule has 0 bridgehead atoms. The molecule has 29 heavy (non-hydrogen) atoms. The lowest BCUT2D eigenvalue weighted by Crippen LogP contribution is -2.11. The second-order valence-electron chi connectivity index (χ2n) is 8.00. The molecule has 0 amide bonds. The van der Waals surface area contributed by atoms with Crippen LogP contribution in [0.25, 0.3) is 28.0 Å². The summed E-state index contributed by atoms with van der Waals surface area (Å²) in [6, 6.07) is 17.7. The number of hydrogen-bond acceptors (Lipinski definition) is 0. The van der Waals surface area contributed by atoms with Crippen molar-refractivity contribution >= 4 is 48.7 Å². The van der Waals surface area contributed by atoms with E-state index in [1.807, 2.05) is 0 Å². The minimum atomic E-state index is 0.419. The van der Waals surface area contributed by atoms with Crippen molar-refractivity contribution in [3.63, 3.8) is 0 Å². The van der Waals surface area contributed by atoms with Crippen molar-refractivity contribution in [1.29, 1.82) is 0 Å². The van der Waals surface area contributed by atoms with Gasteiger partial charge in [-0.1, -0.05) is 106 Å². The van der Waals surface area contributed by atoms with Crippen LogP contribution in [0.4, 0.5) is 0 Å². The molecule has 0 aliphatic heterocycles. The topological polar surface area (TPSA) is 0 Å². The average molecular weight is 506 g/mol. The Bertz CT molecular complexity index is 1180. The van der Waals surface area contributed by atoms with Crippen LogP contribution in [-0.4, -0.2) is 0 Å². The van der Waals surface area contributed by atoms with Crippen molar-refractivity contribution in [2.75, 3.05) is 0 Å². The molecular formula is C27H22Br2. The monoisotopic (exact) mass is 504 g/mol. The third kappa shape index (κ3) is 3.37. The standard InChI is InChI=1S/C27H22Br2/c1-17-5-4-8-24-25(17)27(19-11-15-21(29)16-12-19)23-7-3-2-6-22(23)26(24)18-9-13-20(28)14-10-18/h2-4,6-11,13-17,19H,5,12H2,1H3. The Balaban J connectivity index is 1.87. The van der Waals surface area contributed by atoms with Gasteiger partial charge in [0.05, 0.1) is 0 Å². The minimum Gasteiger partial charge on any atom is -0.0833 e. The highest BCUT2D eigenvalue weighted by Gasteiger charge is 2.27. The molecule has 0 nitrogen and oxygen atoms in total. The molecule has 0 spiro atoms. The van der Waals surface area contributed by atoms with Crippen LogP contribution in [0.15, 0.2) is 81.8 Å². The van der Waals surface area contributed by atoms with Crippen molar-refractivity contribution in [1.82, 2.24) is 0 Å². The molecule has 0 saturated carbocycles. The largest absolute Gasteiger partial charge is 0.0833 e. The number of allylic oxidation sites excluding steroid dienone is 5. The number of hydrogen-bond donors (Lipinski definition) is 0. The summed E-state index contributed by atoms with van der Waals surface area (Å²) < 4.78 is 2.30. The van der Waals surface area contributed by atoms with Crippen LogP contribution in [0.2, 0.25) is 0 Å². The first kappa shape index (κ1) is 19.1. The van der Waals surface area contributed by atoms with Gasteiger partial charge in [-0.3, -0.25) is 0 Å². The Kier molecular flexibility index (Phi) is 5.09. The summed E-state index contributed by atoms with van der Waals surface area (Å²) in [6.45, 7) is 2.38. The van der Waals surface area contributed by atoms with Crippen molar-refractivity contribution in [3.05, 3.63) is 98.5 Å². The Hall–Kier alpha value is -1.90. The van der Waals surface area contributed by atoms with Crippen LogP contribution in [-0.2, 0) is 0 Å². The van der Waals surface area contributed by atoms with Crippen molar-refractivity contribution in [2.45, 2.75) is 31.6 Å². The van der Waals surface area contributed by atoms with E-state index in [4.69, 9.17) is 0 Å². The van der Waals surface area contributed by atoms with Gasteiger partial charge in [0.2, 0.25) is 0 Å². The van der Waals surface area contributed by atoms with Crippen LogP contribution in [0.3, 0.4) is 0 Å². The second-order valence-corrected chi connectivity index (χ2v) is 9.83. The summed E-state index contributed by atoms with van der Waals surface area (Å²) in [4.78, 5) is 0. The molecule has 5 rings (SSSR count). The maximum absolute atomic E-state index is 3.63. The number of fused-ring (bicyclic) bond motifs is 2. The lowest BCUT2D eigenvalue weighted by atomic mass is 9.74. The zero-order valence-electron chi connectivity index (χ0n) is 16.3. The Morgan fingerprint density at radius 1 is 0.828 bits per heavy atom. The van der Waals surface area contributed by atoms with Crippen LogP contribution in [0.1, 0.15) is 48.3 Å². The Morgan fingerprint density at radius 3 is 2.31 bits per heavy atom. The molecule has 2 unspecified atom stereocenters.